The van der Waals surface area contributed by atoms with Crippen LogP contribution in [0.4, 0.5) is 4.39 Å². The topological polar surface area (TPSA) is 59.6 Å². The zero-order valence-electron chi connectivity index (χ0n) is 15.3. The molecule has 0 unspecified atom stereocenters. The third-order valence-electron chi connectivity index (χ3n) is 4.00. The van der Waals surface area contributed by atoms with Gasteiger partial charge in [-0.2, -0.15) is 0 Å². The summed E-state index contributed by atoms with van der Waals surface area (Å²) < 4.78 is 23.7. The fraction of sp³-hybridized carbons (Fsp3) is 0.350. The van der Waals surface area contributed by atoms with Gasteiger partial charge in [-0.1, -0.05) is 12.1 Å². The fourth-order valence-corrected chi connectivity index (χ4v) is 2.38. The summed E-state index contributed by atoms with van der Waals surface area (Å²) in [7, 11) is 1.61. The normalized spacial score (nSPS) is 12.9. The molecule has 2 aromatic rings. The van der Waals surface area contributed by atoms with Crippen molar-refractivity contribution in [2.75, 3.05) is 20.3 Å². The Morgan fingerprint density at radius 1 is 1.04 bits per heavy atom. The number of benzene rings is 2. The van der Waals surface area contributed by atoms with Gasteiger partial charge in [-0.25, -0.2) is 4.39 Å². The Morgan fingerprint density at radius 2 is 1.65 bits per heavy atom. The zero-order valence-corrected chi connectivity index (χ0v) is 15.3. The number of hydrogen-bond donors (Lipinski definition) is 2. The average Bonchev–Trinajstić information content (AvgIpc) is 2.66. The fourth-order valence-electron chi connectivity index (χ4n) is 2.38. The third-order valence-corrected chi connectivity index (χ3v) is 4.00. The van der Waals surface area contributed by atoms with Crippen LogP contribution in [-0.4, -0.2) is 32.2 Å². The number of hydrogen-bond acceptors (Lipinski definition) is 4. The van der Waals surface area contributed by atoms with Gasteiger partial charge in [0.25, 0.3) is 0 Å². The first-order valence-corrected chi connectivity index (χ1v) is 8.55. The Hall–Kier alpha value is -2.60. The van der Waals surface area contributed by atoms with Gasteiger partial charge in [-0.05, 0) is 55.8 Å². The lowest BCUT2D eigenvalue weighted by Gasteiger charge is -2.19. The lowest BCUT2D eigenvalue weighted by atomic mass is 10.1. The maximum absolute atomic E-state index is 13.0. The first-order chi connectivity index (χ1) is 12.5. The van der Waals surface area contributed by atoms with Crippen LogP contribution < -0.4 is 20.1 Å². The molecule has 0 aliphatic rings. The van der Waals surface area contributed by atoms with Gasteiger partial charge in [0.1, 0.15) is 23.9 Å². The molecule has 0 saturated heterocycles. The molecule has 0 aliphatic carbocycles. The quantitative estimate of drug-likeness (QED) is 0.675. The van der Waals surface area contributed by atoms with E-state index in [1.54, 1.807) is 26.2 Å². The van der Waals surface area contributed by atoms with Crippen molar-refractivity contribution in [2.24, 2.45) is 0 Å². The first kappa shape index (κ1) is 19.7. The van der Waals surface area contributed by atoms with E-state index >= 15 is 0 Å². The molecule has 26 heavy (non-hydrogen) atoms. The number of rotatable bonds is 9. The average molecular weight is 360 g/mol. The van der Waals surface area contributed by atoms with E-state index in [1.807, 2.05) is 31.2 Å². The minimum atomic E-state index is -0.364. The maximum Gasteiger partial charge on any atom is 0.237 e. The van der Waals surface area contributed by atoms with Gasteiger partial charge in [-0.15, -0.1) is 0 Å². The van der Waals surface area contributed by atoms with Crippen LogP contribution in [0.1, 0.15) is 25.5 Å². The highest BCUT2D eigenvalue weighted by Gasteiger charge is 2.15. The molecule has 1 amide bonds. The van der Waals surface area contributed by atoms with Crippen molar-refractivity contribution >= 4 is 5.91 Å². The lowest BCUT2D eigenvalue weighted by molar-refractivity contribution is -0.123. The number of methoxy groups -OCH3 is 1. The molecule has 2 N–H and O–H groups in total. The predicted molar refractivity (Wildman–Crippen MR) is 98.9 cm³/mol. The van der Waals surface area contributed by atoms with Crippen molar-refractivity contribution in [1.82, 2.24) is 10.6 Å². The number of carbonyl (C=O) groups excluding carboxylic acids is 1. The molecule has 0 aromatic heterocycles. The molecule has 0 fully saturated rings. The largest absolute Gasteiger partial charge is 0.497 e. The molecule has 0 radical (unpaired) electrons. The number of halogens is 1. The smallest absolute Gasteiger partial charge is 0.237 e. The number of nitrogens with one attached hydrogen (secondary N) is 2. The molecular weight excluding hydrogens is 335 g/mol. The van der Waals surface area contributed by atoms with E-state index in [2.05, 4.69) is 10.6 Å². The van der Waals surface area contributed by atoms with E-state index in [0.29, 0.717) is 13.2 Å². The Kier molecular flexibility index (Phi) is 7.41. The van der Waals surface area contributed by atoms with E-state index < -0.39 is 0 Å². The Morgan fingerprint density at radius 3 is 2.27 bits per heavy atom. The van der Waals surface area contributed by atoms with E-state index in [1.165, 1.54) is 12.1 Å². The molecule has 140 valence electrons. The van der Waals surface area contributed by atoms with Crippen LogP contribution in [0.25, 0.3) is 0 Å². The van der Waals surface area contributed by atoms with E-state index in [4.69, 9.17) is 9.47 Å². The SMILES string of the molecule is COc1ccc(OCCN[C@@H](C)C(=O)N[C@@H](C)c2ccc(F)cc2)cc1. The number of amides is 1. The van der Waals surface area contributed by atoms with Crippen LogP contribution >= 0.6 is 0 Å². The molecule has 0 spiro atoms. The van der Waals surface area contributed by atoms with Gasteiger partial charge >= 0.3 is 0 Å². The van der Waals surface area contributed by atoms with Gasteiger partial charge in [-0.3, -0.25) is 4.79 Å². The van der Waals surface area contributed by atoms with Crippen molar-refractivity contribution in [2.45, 2.75) is 25.9 Å². The van der Waals surface area contributed by atoms with Gasteiger partial charge in [0.2, 0.25) is 5.91 Å². The predicted octanol–water partition coefficient (Wildman–Crippen LogP) is 3.07. The van der Waals surface area contributed by atoms with Crippen LogP contribution in [0, 0.1) is 5.82 Å². The summed E-state index contributed by atoms with van der Waals surface area (Å²) in [5, 5.41) is 6.03. The van der Waals surface area contributed by atoms with Crippen LogP contribution in [0.5, 0.6) is 11.5 Å². The summed E-state index contributed by atoms with van der Waals surface area (Å²) in [5.74, 6) is 1.11. The number of ether oxygens (including phenoxy) is 2. The second-order valence-corrected chi connectivity index (χ2v) is 5.98. The van der Waals surface area contributed by atoms with Crippen LogP contribution in [0.2, 0.25) is 0 Å². The van der Waals surface area contributed by atoms with Crippen molar-refractivity contribution in [3.05, 3.63) is 59.9 Å². The highest BCUT2D eigenvalue weighted by molar-refractivity contribution is 5.81. The van der Waals surface area contributed by atoms with Crippen molar-refractivity contribution < 1.29 is 18.7 Å². The highest BCUT2D eigenvalue weighted by Crippen LogP contribution is 2.16. The highest BCUT2D eigenvalue weighted by atomic mass is 19.1. The third kappa shape index (κ3) is 6.04. The molecule has 0 heterocycles. The first-order valence-electron chi connectivity index (χ1n) is 8.55. The van der Waals surface area contributed by atoms with Gasteiger partial charge in [0, 0.05) is 6.54 Å². The summed E-state index contributed by atoms with van der Waals surface area (Å²) in [4.78, 5) is 12.2. The Labute approximate surface area is 153 Å². The van der Waals surface area contributed by atoms with Gasteiger partial charge in [0.05, 0.1) is 19.2 Å². The van der Waals surface area contributed by atoms with E-state index in [0.717, 1.165) is 17.1 Å². The standard InChI is InChI=1S/C20H25FN2O3/c1-14(16-4-6-17(21)7-5-16)23-20(24)15(2)22-12-13-26-19-10-8-18(25-3)9-11-19/h4-11,14-15,22H,12-13H2,1-3H3,(H,23,24)/t14-,15-/m0/s1. The molecule has 2 rings (SSSR count). The molecule has 2 aromatic carbocycles. The Balaban J connectivity index is 1.70. The number of carbonyl (C=O) groups is 1. The van der Waals surface area contributed by atoms with Crippen LogP contribution in [0.3, 0.4) is 0 Å². The van der Waals surface area contributed by atoms with E-state index in [-0.39, 0.29) is 23.8 Å². The summed E-state index contributed by atoms with van der Waals surface area (Å²) >= 11 is 0. The minimum absolute atomic E-state index is 0.119. The summed E-state index contributed by atoms with van der Waals surface area (Å²) in [5.41, 5.74) is 0.856. The summed E-state index contributed by atoms with van der Waals surface area (Å²) in [6.07, 6.45) is 0. The monoisotopic (exact) mass is 360 g/mol. The van der Waals surface area contributed by atoms with Crippen LogP contribution in [-0.2, 0) is 4.79 Å². The van der Waals surface area contributed by atoms with Crippen molar-refractivity contribution in [1.29, 1.82) is 0 Å². The summed E-state index contributed by atoms with van der Waals surface area (Å²) in [6, 6.07) is 12.9. The summed E-state index contributed by atoms with van der Waals surface area (Å²) in [6.45, 7) is 4.63. The molecule has 0 saturated carbocycles. The second-order valence-electron chi connectivity index (χ2n) is 5.98. The molecule has 2 atom stereocenters. The second kappa shape index (κ2) is 9.77. The van der Waals surface area contributed by atoms with Crippen molar-refractivity contribution in [3.8, 4) is 11.5 Å². The molecule has 5 nitrogen and oxygen atoms in total. The van der Waals surface area contributed by atoms with Gasteiger partial charge in [0.15, 0.2) is 0 Å². The van der Waals surface area contributed by atoms with Crippen molar-refractivity contribution in [3.63, 3.8) is 0 Å². The van der Waals surface area contributed by atoms with E-state index in [9.17, 15) is 9.18 Å². The molecule has 6 heteroatoms. The maximum atomic E-state index is 13.0. The molecule has 0 aliphatic heterocycles. The minimum Gasteiger partial charge on any atom is -0.497 e. The molecule has 0 bridgehead atoms. The zero-order chi connectivity index (χ0) is 18.9. The lowest BCUT2D eigenvalue weighted by Crippen LogP contribution is -2.44. The van der Waals surface area contributed by atoms with Crippen LogP contribution in [0.15, 0.2) is 48.5 Å². The molecular formula is C20H25FN2O3. The Bertz CT molecular complexity index is 689. The van der Waals surface area contributed by atoms with Gasteiger partial charge < -0.3 is 20.1 Å².